The summed E-state index contributed by atoms with van der Waals surface area (Å²) in [7, 11) is 3.59. The van der Waals surface area contributed by atoms with Crippen LogP contribution in [0.25, 0.3) is 0 Å². The molecular formula is C17H30NO2S+. The molecule has 3 nitrogen and oxygen atoms in total. The second-order valence-electron chi connectivity index (χ2n) is 5.80. The molecule has 0 aromatic rings. The number of hydrogen-bond acceptors (Lipinski definition) is 3. The highest BCUT2D eigenvalue weighted by atomic mass is 32.1. The van der Waals surface area contributed by atoms with E-state index in [4.69, 9.17) is 4.74 Å². The first kappa shape index (κ1) is 20.0. The molecule has 0 amide bonds. The number of methoxy groups -OCH3 is 1. The largest absolute Gasteiger partial charge is 0.506 e. The Morgan fingerprint density at radius 2 is 1.90 bits per heavy atom. The highest BCUT2D eigenvalue weighted by molar-refractivity contribution is 7.84. The van der Waals surface area contributed by atoms with Crippen LogP contribution in [0.1, 0.15) is 34.1 Å². The van der Waals surface area contributed by atoms with E-state index >= 15 is 0 Å². The third-order valence-electron chi connectivity index (χ3n) is 4.85. The Labute approximate surface area is 135 Å². The highest BCUT2D eigenvalue weighted by Crippen LogP contribution is 2.47. The van der Waals surface area contributed by atoms with Gasteiger partial charge in [0.2, 0.25) is 5.54 Å². The van der Waals surface area contributed by atoms with Crippen LogP contribution < -0.4 is 0 Å². The summed E-state index contributed by atoms with van der Waals surface area (Å²) < 4.78 is 7.22. The summed E-state index contributed by atoms with van der Waals surface area (Å²) in [4.78, 5) is 0.938. The van der Waals surface area contributed by atoms with Crippen molar-refractivity contribution in [2.45, 2.75) is 39.7 Å². The number of thiol groups is 1. The van der Waals surface area contributed by atoms with E-state index in [1.165, 1.54) is 0 Å². The van der Waals surface area contributed by atoms with Gasteiger partial charge in [0.1, 0.15) is 7.05 Å². The molecule has 0 spiro atoms. The zero-order chi connectivity index (χ0) is 16.8. The van der Waals surface area contributed by atoms with Gasteiger partial charge in [0.15, 0.2) is 12.0 Å². The summed E-state index contributed by atoms with van der Waals surface area (Å²) in [5.41, 5.74) is 0.00724. The smallest absolute Gasteiger partial charge is 0.224 e. The zero-order valence-corrected chi connectivity index (χ0v) is 15.1. The van der Waals surface area contributed by atoms with Gasteiger partial charge in [0.05, 0.1) is 5.41 Å². The molecular weight excluding hydrogens is 282 g/mol. The standard InChI is InChI=1S/C17H29NO2S/c1-9-11-18(7)17(6,15(4)19)16(5,10-12-20-8)13(2)14(3)21/h9,11H,1,4,10,12H2,2-3,5-8H3,(H-,19,21)/p+1/b14-13-,18-11?. The van der Waals surface area contributed by atoms with Gasteiger partial charge in [-0.2, -0.15) is 0 Å². The molecule has 21 heavy (non-hydrogen) atoms. The van der Waals surface area contributed by atoms with Crippen molar-refractivity contribution in [3.8, 4) is 0 Å². The van der Waals surface area contributed by atoms with Crippen LogP contribution >= 0.6 is 12.6 Å². The van der Waals surface area contributed by atoms with Crippen LogP contribution in [-0.2, 0) is 4.74 Å². The summed E-state index contributed by atoms with van der Waals surface area (Å²) in [5, 5.41) is 10.4. The molecule has 0 aliphatic heterocycles. The molecule has 0 saturated carbocycles. The fourth-order valence-corrected chi connectivity index (χ4v) is 2.97. The van der Waals surface area contributed by atoms with E-state index in [0.717, 1.165) is 16.9 Å². The summed E-state index contributed by atoms with van der Waals surface area (Å²) in [5.74, 6) is 0.107. The molecule has 0 fully saturated rings. The number of hydrogen-bond donors (Lipinski definition) is 2. The molecule has 0 radical (unpaired) electrons. The lowest BCUT2D eigenvalue weighted by Gasteiger charge is -2.43. The number of aliphatic hydroxyl groups is 1. The van der Waals surface area contributed by atoms with Crippen LogP contribution in [0.3, 0.4) is 0 Å². The number of likely N-dealkylation sites (N-methyl/N-ethyl adjacent to an activating group) is 1. The summed E-state index contributed by atoms with van der Waals surface area (Å²) in [6.07, 6.45) is 4.27. The van der Waals surface area contributed by atoms with Crippen molar-refractivity contribution in [3.63, 3.8) is 0 Å². The second kappa shape index (κ2) is 7.85. The zero-order valence-electron chi connectivity index (χ0n) is 14.2. The van der Waals surface area contributed by atoms with Gasteiger partial charge in [0.25, 0.3) is 0 Å². The van der Waals surface area contributed by atoms with Crippen molar-refractivity contribution < 1.29 is 14.4 Å². The van der Waals surface area contributed by atoms with Crippen molar-refractivity contribution in [3.05, 3.63) is 35.5 Å². The Bertz CT molecular complexity index is 463. The lowest BCUT2D eigenvalue weighted by molar-refractivity contribution is -0.586. The molecule has 2 unspecified atom stereocenters. The minimum absolute atomic E-state index is 0.107. The summed E-state index contributed by atoms with van der Waals surface area (Å²) in [6, 6.07) is 0. The van der Waals surface area contributed by atoms with E-state index in [9.17, 15) is 5.11 Å². The highest BCUT2D eigenvalue weighted by Gasteiger charge is 2.55. The normalized spacial score (nSPS) is 19.3. The van der Waals surface area contributed by atoms with E-state index in [1.54, 1.807) is 13.2 Å². The van der Waals surface area contributed by atoms with Crippen molar-refractivity contribution >= 4 is 18.8 Å². The minimum Gasteiger partial charge on any atom is -0.506 e. The average molecular weight is 312 g/mol. The van der Waals surface area contributed by atoms with Gasteiger partial charge in [-0.25, -0.2) is 4.58 Å². The van der Waals surface area contributed by atoms with Crippen molar-refractivity contribution in [2.24, 2.45) is 5.41 Å². The Morgan fingerprint density at radius 3 is 2.24 bits per heavy atom. The molecule has 4 heteroatoms. The van der Waals surface area contributed by atoms with Gasteiger partial charge in [0, 0.05) is 20.6 Å². The maximum atomic E-state index is 10.4. The molecule has 0 bridgehead atoms. The van der Waals surface area contributed by atoms with Gasteiger partial charge in [-0.15, -0.1) is 12.6 Å². The molecule has 2 atom stereocenters. The maximum absolute atomic E-state index is 10.4. The molecule has 120 valence electrons. The number of ether oxygens (including phenoxy) is 1. The molecule has 0 aliphatic rings. The molecule has 0 heterocycles. The Hall–Kier alpha value is -1.00. The van der Waals surface area contributed by atoms with Gasteiger partial charge >= 0.3 is 0 Å². The number of rotatable bonds is 8. The molecule has 0 saturated heterocycles. The summed E-state index contributed by atoms with van der Waals surface area (Å²) >= 11 is 4.51. The first-order valence-corrected chi connectivity index (χ1v) is 7.47. The molecule has 0 aliphatic carbocycles. The molecule has 0 rings (SSSR count). The third kappa shape index (κ3) is 3.80. The SMILES string of the molecule is C=CC=[N+](C)C(C)(C(=C)O)C(C)(CCOC)/C(C)=C(/C)S. The number of nitrogens with zero attached hydrogens (tertiary/aromatic N) is 1. The second-order valence-corrected chi connectivity index (χ2v) is 6.47. The van der Waals surface area contributed by atoms with Crippen LogP contribution in [0.2, 0.25) is 0 Å². The Balaban J connectivity index is 6.32. The van der Waals surface area contributed by atoms with Crippen LogP contribution in [0, 0.1) is 5.41 Å². The van der Waals surface area contributed by atoms with E-state index < -0.39 is 11.0 Å². The number of aliphatic hydroxyl groups excluding tert-OH is 1. The quantitative estimate of drug-likeness (QED) is 0.307. The maximum Gasteiger partial charge on any atom is 0.224 e. The van der Waals surface area contributed by atoms with E-state index in [-0.39, 0.29) is 5.76 Å². The van der Waals surface area contributed by atoms with Crippen LogP contribution in [0.4, 0.5) is 0 Å². The third-order valence-corrected chi connectivity index (χ3v) is 5.18. The summed E-state index contributed by atoms with van der Waals surface area (Å²) in [6.45, 7) is 16.2. The minimum atomic E-state index is -0.701. The topological polar surface area (TPSA) is 32.5 Å². The van der Waals surface area contributed by atoms with Gasteiger partial charge < -0.3 is 9.84 Å². The van der Waals surface area contributed by atoms with Crippen molar-refractivity contribution in [1.82, 2.24) is 0 Å². The van der Waals surface area contributed by atoms with E-state index in [2.05, 4.69) is 32.7 Å². The van der Waals surface area contributed by atoms with E-state index in [1.807, 2.05) is 38.6 Å². The lowest BCUT2D eigenvalue weighted by Crippen LogP contribution is -2.54. The predicted molar refractivity (Wildman–Crippen MR) is 94.6 cm³/mol. The molecule has 0 aromatic heterocycles. The fourth-order valence-electron chi connectivity index (χ4n) is 2.72. The predicted octanol–water partition coefficient (Wildman–Crippen LogP) is 3.98. The Morgan fingerprint density at radius 1 is 1.38 bits per heavy atom. The van der Waals surface area contributed by atoms with Gasteiger partial charge in [-0.3, -0.25) is 0 Å². The molecule has 1 N–H and O–H groups in total. The van der Waals surface area contributed by atoms with E-state index in [0.29, 0.717) is 6.61 Å². The Kier molecular flexibility index (Phi) is 7.48. The fraction of sp³-hybridized carbons (Fsp3) is 0.588. The van der Waals surface area contributed by atoms with Crippen LogP contribution in [-0.4, -0.2) is 42.2 Å². The first-order chi connectivity index (χ1) is 9.59. The van der Waals surface area contributed by atoms with Gasteiger partial charge in [-0.1, -0.05) is 18.7 Å². The van der Waals surface area contributed by atoms with Crippen molar-refractivity contribution in [1.29, 1.82) is 0 Å². The first-order valence-electron chi connectivity index (χ1n) is 7.02. The van der Waals surface area contributed by atoms with Crippen LogP contribution in [0.15, 0.2) is 35.5 Å². The average Bonchev–Trinajstić information content (AvgIpc) is 2.42. The lowest BCUT2D eigenvalue weighted by atomic mass is 9.64. The van der Waals surface area contributed by atoms with Crippen molar-refractivity contribution in [2.75, 3.05) is 20.8 Å². The molecule has 0 aromatic carbocycles. The van der Waals surface area contributed by atoms with Gasteiger partial charge in [-0.05, 0) is 38.2 Å². The van der Waals surface area contributed by atoms with Crippen LogP contribution in [0.5, 0.6) is 0 Å². The monoisotopic (exact) mass is 312 g/mol. The number of allylic oxidation sites excluding steroid dienone is 2.